The third kappa shape index (κ3) is 3.72. The average molecular weight is 361 g/mol. The Morgan fingerprint density at radius 1 is 1.17 bits per heavy atom. The maximum absolute atomic E-state index is 11.8. The number of rotatable bonds is 3. The highest BCUT2D eigenvalue weighted by molar-refractivity contribution is 6.36. The summed E-state index contributed by atoms with van der Waals surface area (Å²) >= 11 is 11.7. The number of anilines is 1. The Hall–Kier alpha value is -2.32. The smallest absolute Gasteiger partial charge is 0.350 e. The molecule has 10 heteroatoms. The summed E-state index contributed by atoms with van der Waals surface area (Å²) in [6, 6.07) is 2.24. The van der Waals surface area contributed by atoms with Crippen LogP contribution in [0.2, 0.25) is 10.0 Å². The number of nitrogens with zero attached hydrogens (tertiary/aromatic N) is 1. The van der Waals surface area contributed by atoms with Crippen LogP contribution in [-0.4, -0.2) is 22.6 Å². The predicted octanol–water partition coefficient (Wildman–Crippen LogP) is 3.03. The van der Waals surface area contributed by atoms with Gasteiger partial charge in [0.05, 0.1) is 15.6 Å². The molecule has 1 heterocycles. The molecule has 23 heavy (non-hydrogen) atoms. The van der Waals surface area contributed by atoms with E-state index in [0.29, 0.717) is 0 Å². The second-order valence-corrected chi connectivity index (χ2v) is 5.74. The lowest BCUT2D eigenvalue weighted by molar-refractivity contribution is -0.384. The lowest BCUT2D eigenvalue weighted by atomic mass is 10.2. The van der Waals surface area contributed by atoms with Crippen LogP contribution in [0.1, 0.15) is 13.8 Å². The van der Waals surface area contributed by atoms with E-state index in [9.17, 15) is 19.7 Å². The summed E-state index contributed by atoms with van der Waals surface area (Å²) in [5.41, 5.74) is -0.580. The molecule has 122 valence electrons. The van der Waals surface area contributed by atoms with E-state index in [1.807, 2.05) is 0 Å². The molecule has 1 fully saturated rings. The fraction of sp³-hybridized carbons (Fsp3) is 0.231. The van der Waals surface area contributed by atoms with E-state index in [1.54, 1.807) is 0 Å². The maximum Gasteiger partial charge on any atom is 0.350 e. The molecule has 1 aromatic rings. The fourth-order valence-corrected chi connectivity index (χ4v) is 2.16. The van der Waals surface area contributed by atoms with Gasteiger partial charge < -0.3 is 14.8 Å². The van der Waals surface area contributed by atoms with Crippen LogP contribution < -0.4 is 5.32 Å². The molecule has 0 amide bonds. The molecule has 1 N–H and O–H groups in total. The van der Waals surface area contributed by atoms with E-state index in [-0.39, 0.29) is 27.0 Å². The number of nitro benzene ring substituents is 1. The van der Waals surface area contributed by atoms with Gasteiger partial charge in [0.15, 0.2) is 5.57 Å². The molecule has 0 saturated carbocycles. The molecule has 0 atom stereocenters. The topological polar surface area (TPSA) is 108 Å². The first-order chi connectivity index (χ1) is 10.6. The maximum atomic E-state index is 11.8. The number of hydrogen-bond donors (Lipinski definition) is 1. The van der Waals surface area contributed by atoms with Crippen molar-refractivity contribution >= 4 is 46.5 Å². The quantitative estimate of drug-likeness (QED) is 0.290. The highest BCUT2D eigenvalue weighted by Crippen LogP contribution is 2.34. The van der Waals surface area contributed by atoms with Gasteiger partial charge >= 0.3 is 11.9 Å². The fourth-order valence-electron chi connectivity index (χ4n) is 1.72. The van der Waals surface area contributed by atoms with Crippen molar-refractivity contribution in [3.05, 3.63) is 44.1 Å². The number of carbonyl (C=O) groups is 2. The van der Waals surface area contributed by atoms with E-state index >= 15 is 0 Å². The summed E-state index contributed by atoms with van der Waals surface area (Å²) in [5.74, 6) is -3.09. The standard InChI is InChI=1S/C13H10Cl2N2O6/c1-13(2)22-11(18)6(12(19)23-13)5-16-9-3-8(15)10(17(20)21)4-7(9)14/h3-5,16H,1-2H3. The van der Waals surface area contributed by atoms with Gasteiger partial charge in [-0.2, -0.15) is 0 Å². The highest BCUT2D eigenvalue weighted by Gasteiger charge is 2.39. The van der Waals surface area contributed by atoms with Crippen LogP contribution in [0.4, 0.5) is 11.4 Å². The molecule has 0 unspecified atom stereocenters. The van der Waals surface area contributed by atoms with Crippen LogP contribution in [0.3, 0.4) is 0 Å². The Bertz CT molecular complexity index is 722. The van der Waals surface area contributed by atoms with Crippen molar-refractivity contribution in [3.8, 4) is 0 Å². The monoisotopic (exact) mass is 360 g/mol. The predicted molar refractivity (Wildman–Crippen MR) is 81.1 cm³/mol. The van der Waals surface area contributed by atoms with Gasteiger partial charge in [0, 0.05) is 26.1 Å². The van der Waals surface area contributed by atoms with Crippen molar-refractivity contribution in [2.24, 2.45) is 0 Å². The number of benzene rings is 1. The van der Waals surface area contributed by atoms with Gasteiger partial charge in [0.1, 0.15) is 5.02 Å². The Balaban J connectivity index is 2.27. The van der Waals surface area contributed by atoms with E-state index in [1.165, 1.54) is 19.9 Å². The lowest BCUT2D eigenvalue weighted by Gasteiger charge is -2.29. The third-order valence-electron chi connectivity index (χ3n) is 2.72. The molecule has 0 aliphatic carbocycles. The van der Waals surface area contributed by atoms with Crippen molar-refractivity contribution in [1.82, 2.24) is 0 Å². The van der Waals surface area contributed by atoms with E-state index in [2.05, 4.69) is 5.32 Å². The third-order valence-corrected chi connectivity index (χ3v) is 3.34. The average Bonchev–Trinajstić information content (AvgIpc) is 2.39. The molecule has 1 saturated heterocycles. The number of esters is 2. The first-order valence-corrected chi connectivity index (χ1v) is 6.93. The van der Waals surface area contributed by atoms with Crippen LogP contribution in [0.5, 0.6) is 0 Å². The van der Waals surface area contributed by atoms with Gasteiger partial charge in [0.2, 0.25) is 0 Å². The molecule has 8 nitrogen and oxygen atoms in total. The molecule has 0 aromatic heterocycles. The summed E-state index contributed by atoms with van der Waals surface area (Å²) in [6.07, 6.45) is 1.03. The van der Waals surface area contributed by atoms with Crippen molar-refractivity contribution < 1.29 is 24.0 Å². The van der Waals surface area contributed by atoms with Crippen LogP contribution in [-0.2, 0) is 19.1 Å². The zero-order chi connectivity index (χ0) is 17.4. The molecule has 1 aliphatic rings. The first-order valence-electron chi connectivity index (χ1n) is 6.17. The normalized spacial score (nSPS) is 16.4. The Kier molecular flexibility index (Phi) is 4.49. The molecule has 1 aliphatic heterocycles. The number of hydrogen-bond acceptors (Lipinski definition) is 7. The minimum absolute atomic E-state index is 0.0178. The van der Waals surface area contributed by atoms with Crippen LogP contribution >= 0.6 is 23.2 Å². The minimum atomic E-state index is -1.35. The molecule has 1 aromatic carbocycles. The van der Waals surface area contributed by atoms with E-state index in [0.717, 1.165) is 12.3 Å². The van der Waals surface area contributed by atoms with Crippen LogP contribution in [0.25, 0.3) is 0 Å². The summed E-state index contributed by atoms with van der Waals surface area (Å²) in [4.78, 5) is 33.6. The first kappa shape index (κ1) is 17.0. The summed E-state index contributed by atoms with van der Waals surface area (Å²) in [7, 11) is 0. The molecule has 0 radical (unpaired) electrons. The SMILES string of the molecule is CC1(C)OC(=O)C(=CNc2cc(Cl)c([N+](=O)[O-])cc2Cl)C(=O)O1. The summed E-state index contributed by atoms with van der Waals surface area (Å²) in [5, 5.41) is 13.1. The number of carbonyl (C=O) groups excluding carboxylic acids is 2. The Morgan fingerprint density at radius 3 is 2.26 bits per heavy atom. The minimum Gasteiger partial charge on any atom is -0.419 e. The zero-order valence-electron chi connectivity index (χ0n) is 11.9. The Morgan fingerprint density at radius 2 is 1.74 bits per heavy atom. The second-order valence-electron chi connectivity index (χ2n) is 4.92. The van der Waals surface area contributed by atoms with Gasteiger partial charge in [-0.3, -0.25) is 10.1 Å². The highest BCUT2D eigenvalue weighted by atomic mass is 35.5. The molecule has 2 rings (SSSR count). The number of nitro groups is 1. The molecule has 0 bridgehead atoms. The number of cyclic esters (lactones) is 2. The zero-order valence-corrected chi connectivity index (χ0v) is 13.4. The van der Waals surface area contributed by atoms with Gasteiger partial charge in [-0.25, -0.2) is 9.59 Å². The number of ether oxygens (including phenoxy) is 2. The van der Waals surface area contributed by atoms with Crippen molar-refractivity contribution in [2.75, 3.05) is 5.32 Å². The van der Waals surface area contributed by atoms with Gasteiger partial charge in [-0.05, 0) is 6.07 Å². The Labute approximate surface area is 140 Å². The van der Waals surface area contributed by atoms with E-state index < -0.39 is 22.6 Å². The number of nitrogens with one attached hydrogen (secondary N) is 1. The molecule has 0 spiro atoms. The largest absolute Gasteiger partial charge is 0.419 e. The molecular formula is C13H10Cl2N2O6. The van der Waals surface area contributed by atoms with Crippen LogP contribution in [0.15, 0.2) is 23.9 Å². The second kappa shape index (κ2) is 6.05. The van der Waals surface area contributed by atoms with Crippen molar-refractivity contribution in [1.29, 1.82) is 0 Å². The molecular weight excluding hydrogens is 351 g/mol. The van der Waals surface area contributed by atoms with Crippen molar-refractivity contribution in [2.45, 2.75) is 19.6 Å². The van der Waals surface area contributed by atoms with Gasteiger partial charge in [-0.15, -0.1) is 0 Å². The number of halogens is 2. The van der Waals surface area contributed by atoms with E-state index in [4.69, 9.17) is 32.7 Å². The summed E-state index contributed by atoms with van der Waals surface area (Å²) in [6.45, 7) is 2.83. The van der Waals surface area contributed by atoms with Gasteiger partial charge in [0.25, 0.3) is 11.5 Å². The van der Waals surface area contributed by atoms with Crippen LogP contribution in [0, 0.1) is 10.1 Å². The summed E-state index contributed by atoms with van der Waals surface area (Å²) < 4.78 is 9.82. The van der Waals surface area contributed by atoms with Crippen molar-refractivity contribution in [3.63, 3.8) is 0 Å². The lowest BCUT2D eigenvalue weighted by Crippen LogP contribution is -2.42. The van der Waals surface area contributed by atoms with Gasteiger partial charge in [-0.1, -0.05) is 23.2 Å².